The van der Waals surface area contributed by atoms with Crippen molar-refractivity contribution in [3.63, 3.8) is 0 Å². The molecule has 0 aliphatic carbocycles. The van der Waals surface area contributed by atoms with Crippen LogP contribution in [-0.4, -0.2) is 45.8 Å². The van der Waals surface area contributed by atoms with Crippen LogP contribution in [0.2, 0.25) is 0 Å². The first-order chi connectivity index (χ1) is 8.74. The molecule has 0 atom stereocenters. The van der Waals surface area contributed by atoms with Crippen LogP contribution in [0.25, 0.3) is 0 Å². The fraction of sp³-hybridized carbons (Fsp3) is 0.875. The molecule has 1 rings (SSSR count). The van der Waals surface area contributed by atoms with Crippen LogP contribution in [0, 0.1) is 0 Å². The lowest BCUT2D eigenvalue weighted by atomic mass is 10.3. The molecule has 0 unspecified atom stereocenters. The largest absolute Gasteiger partial charge is 0.161 e. The zero-order valence-electron chi connectivity index (χ0n) is 14.2. The van der Waals surface area contributed by atoms with Gasteiger partial charge in [-0.25, -0.2) is 0 Å². The Balaban J connectivity index is 3.21. The van der Waals surface area contributed by atoms with Gasteiger partial charge in [0.05, 0.1) is 0 Å². The summed E-state index contributed by atoms with van der Waals surface area (Å²) in [5.41, 5.74) is 0. The Morgan fingerprint density at radius 3 is 1.11 bits per heavy atom. The lowest BCUT2D eigenvalue weighted by Crippen LogP contribution is -2.49. The zero-order valence-corrected chi connectivity index (χ0v) is 15.1. The molecule has 0 aromatic carbocycles. The molecule has 0 saturated heterocycles. The van der Waals surface area contributed by atoms with Gasteiger partial charge in [-0.1, -0.05) is 0 Å². The smallest absolute Gasteiger partial charge is 0.158 e. The van der Waals surface area contributed by atoms with E-state index in [1.807, 2.05) is 0 Å². The lowest BCUT2D eigenvalue weighted by Gasteiger charge is -2.48. The van der Waals surface area contributed by atoms with Crippen molar-refractivity contribution in [2.75, 3.05) is 12.3 Å². The van der Waals surface area contributed by atoms with Gasteiger partial charge in [-0.3, -0.25) is 0 Å². The average Bonchev–Trinajstić information content (AvgIpc) is 2.64. The highest BCUT2D eigenvalue weighted by atomic mass is 31.2. The molecule has 0 amide bonds. The first kappa shape index (κ1) is 17.1. The van der Waals surface area contributed by atoms with Crippen molar-refractivity contribution in [3.05, 3.63) is 12.2 Å². The van der Waals surface area contributed by atoms with E-state index in [1.54, 1.807) is 0 Å². The Bertz CT molecular complexity index is 262. The molecule has 1 aliphatic rings. The van der Waals surface area contributed by atoms with Crippen LogP contribution >= 0.6 is 7.56 Å². The van der Waals surface area contributed by atoms with Crippen molar-refractivity contribution in [1.29, 1.82) is 0 Å². The molecule has 0 aromatic rings. The molecule has 0 spiro atoms. The fourth-order valence-electron chi connectivity index (χ4n) is 3.97. The summed E-state index contributed by atoms with van der Waals surface area (Å²) in [6.07, 6.45) is 7.37. The predicted octanol–water partition coefficient (Wildman–Crippen LogP) is 4.64. The van der Waals surface area contributed by atoms with Gasteiger partial charge in [0.15, 0.2) is 7.56 Å². The molecular formula is C16H34N2P+. The summed E-state index contributed by atoms with van der Waals surface area (Å²) in [5.74, 6) is 0. The Morgan fingerprint density at radius 1 is 0.632 bits per heavy atom. The molecule has 3 heteroatoms. The number of hydrogen-bond acceptors (Lipinski definition) is 2. The van der Waals surface area contributed by atoms with E-state index in [0.29, 0.717) is 24.2 Å². The topological polar surface area (TPSA) is 6.48 Å². The highest BCUT2D eigenvalue weighted by molar-refractivity contribution is 7.72. The minimum absolute atomic E-state index is 0.619. The van der Waals surface area contributed by atoms with Gasteiger partial charge in [0.25, 0.3) is 0 Å². The average molecular weight is 285 g/mol. The summed E-state index contributed by atoms with van der Waals surface area (Å²) in [6, 6.07) is 2.47. The van der Waals surface area contributed by atoms with Gasteiger partial charge >= 0.3 is 0 Å². The van der Waals surface area contributed by atoms with Crippen molar-refractivity contribution >= 4 is 7.56 Å². The second kappa shape index (κ2) is 6.70. The molecular weight excluding hydrogens is 251 g/mol. The molecule has 112 valence electrons. The highest BCUT2D eigenvalue weighted by Gasteiger charge is 2.54. The summed E-state index contributed by atoms with van der Waals surface area (Å²) < 4.78 is 5.65. The van der Waals surface area contributed by atoms with Crippen LogP contribution in [0.5, 0.6) is 0 Å². The number of hydrogen-bond donors (Lipinski definition) is 0. The van der Waals surface area contributed by atoms with E-state index >= 15 is 0 Å². The third kappa shape index (κ3) is 3.40. The molecule has 1 aliphatic heterocycles. The quantitative estimate of drug-likeness (QED) is 0.518. The van der Waals surface area contributed by atoms with E-state index in [4.69, 9.17) is 0 Å². The standard InChI is InChI=1S/C16H34N2P/c1-13(2)17(14(3)4)19(11-9-10-12-19)18(15(5)6)16(7)8/h9-10,13-16H,11-12H2,1-8H3/q+1. The molecule has 0 saturated carbocycles. The van der Waals surface area contributed by atoms with E-state index < -0.39 is 7.56 Å². The van der Waals surface area contributed by atoms with Crippen LogP contribution in [0.4, 0.5) is 0 Å². The normalized spacial score (nSPS) is 19.1. The summed E-state index contributed by atoms with van der Waals surface area (Å²) >= 11 is 0. The Hall–Kier alpha value is 0.0900. The number of rotatable bonds is 6. The highest BCUT2D eigenvalue weighted by Crippen LogP contribution is 2.69. The SMILES string of the molecule is CC(C)N(C(C)C)[P+]1(N(C(C)C)C(C)C)CC=CC1. The third-order valence-corrected chi connectivity index (χ3v) is 9.10. The first-order valence-electron chi connectivity index (χ1n) is 7.83. The van der Waals surface area contributed by atoms with Crippen molar-refractivity contribution in [2.24, 2.45) is 0 Å². The van der Waals surface area contributed by atoms with Crippen LogP contribution in [0.15, 0.2) is 12.2 Å². The van der Waals surface area contributed by atoms with Gasteiger partial charge in [-0.05, 0) is 67.5 Å². The van der Waals surface area contributed by atoms with Crippen LogP contribution < -0.4 is 0 Å². The number of allylic oxidation sites excluding steroid dienone is 2. The predicted molar refractivity (Wildman–Crippen MR) is 90.0 cm³/mol. The van der Waals surface area contributed by atoms with Gasteiger partial charge in [0, 0.05) is 24.2 Å². The summed E-state index contributed by atoms with van der Waals surface area (Å²) in [4.78, 5) is 0. The fourth-order valence-corrected chi connectivity index (χ4v) is 9.52. The van der Waals surface area contributed by atoms with Gasteiger partial charge in [0.1, 0.15) is 12.3 Å². The van der Waals surface area contributed by atoms with E-state index in [-0.39, 0.29) is 0 Å². The van der Waals surface area contributed by atoms with Crippen molar-refractivity contribution in [1.82, 2.24) is 9.34 Å². The monoisotopic (exact) mass is 285 g/mol. The minimum Gasteiger partial charge on any atom is -0.158 e. The molecule has 0 bridgehead atoms. The molecule has 0 fully saturated rings. The third-order valence-electron chi connectivity index (χ3n) is 3.94. The van der Waals surface area contributed by atoms with Gasteiger partial charge in [0.2, 0.25) is 0 Å². The molecule has 2 nitrogen and oxygen atoms in total. The molecule has 0 N–H and O–H groups in total. The van der Waals surface area contributed by atoms with Gasteiger partial charge < -0.3 is 0 Å². The second-order valence-electron chi connectivity index (χ2n) is 6.85. The maximum atomic E-state index is 2.83. The van der Waals surface area contributed by atoms with E-state index in [9.17, 15) is 0 Å². The summed E-state index contributed by atoms with van der Waals surface area (Å²) in [5, 5.41) is 0. The van der Waals surface area contributed by atoms with E-state index in [2.05, 4.69) is 76.9 Å². The van der Waals surface area contributed by atoms with Crippen molar-refractivity contribution < 1.29 is 0 Å². The zero-order chi connectivity index (χ0) is 14.8. The van der Waals surface area contributed by atoms with Crippen LogP contribution in [0.1, 0.15) is 55.4 Å². The molecule has 1 heterocycles. The Labute approximate surface area is 121 Å². The van der Waals surface area contributed by atoms with Crippen molar-refractivity contribution in [3.8, 4) is 0 Å². The maximum Gasteiger partial charge on any atom is 0.161 e. The Morgan fingerprint density at radius 2 is 0.895 bits per heavy atom. The maximum absolute atomic E-state index is 2.83. The molecule has 0 radical (unpaired) electrons. The Kier molecular flexibility index (Phi) is 6.04. The molecule has 19 heavy (non-hydrogen) atoms. The second-order valence-corrected chi connectivity index (χ2v) is 10.3. The van der Waals surface area contributed by atoms with Crippen LogP contribution in [-0.2, 0) is 0 Å². The van der Waals surface area contributed by atoms with Crippen LogP contribution in [0.3, 0.4) is 0 Å². The lowest BCUT2D eigenvalue weighted by molar-refractivity contribution is 0.246. The van der Waals surface area contributed by atoms with E-state index in [0.717, 1.165) is 0 Å². The molecule has 0 aromatic heterocycles. The van der Waals surface area contributed by atoms with Gasteiger partial charge in [-0.2, -0.15) is 9.34 Å². The van der Waals surface area contributed by atoms with E-state index in [1.165, 1.54) is 12.3 Å². The summed E-state index contributed by atoms with van der Waals surface area (Å²) in [7, 11) is -1.24. The van der Waals surface area contributed by atoms with Crippen molar-refractivity contribution in [2.45, 2.75) is 79.6 Å². The minimum atomic E-state index is -1.24. The first-order valence-corrected chi connectivity index (χ1v) is 9.90. The number of nitrogens with zero attached hydrogens (tertiary/aromatic N) is 2. The van der Waals surface area contributed by atoms with Gasteiger partial charge in [-0.15, -0.1) is 0 Å². The summed E-state index contributed by atoms with van der Waals surface area (Å²) in [6.45, 7) is 18.9.